The topological polar surface area (TPSA) is 62.5 Å². The van der Waals surface area contributed by atoms with Crippen molar-refractivity contribution >= 4 is 11.8 Å². The van der Waals surface area contributed by atoms with Gasteiger partial charge >= 0.3 is 0 Å². The molecule has 0 aromatic heterocycles. The van der Waals surface area contributed by atoms with Gasteiger partial charge in [0.15, 0.2) is 11.5 Å². The van der Waals surface area contributed by atoms with Crippen LogP contribution in [0, 0.1) is 10.7 Å². The van der Waals surface area contributed by atoms with Gasteiger partial charge in [-0.15, -0.1) is 0 Å². The molecule has 0 saturated carbocycles. The number of hydrogen-bond donors (Lipinski definition) is 1. The van der Waals surface area contributed by atoms with E-state index >= 15 is 0 Å². The highest BCUT2D eigenvalue weighted by Crippen LogP contribution is 2.38. The summed E-state index contributed by atoms with van der Waals surface area (Å²) in [6.07, 6.45) is 0. The molecule has 14 heavy (non-hydrogen) atoms. The fraction of sp³-hybridized carbons (Fsp3) is 0.222. The molecule has 0 spiro atoms. The van der Waals surface area contributed by atoms with E-state index in [0.29, 0.717) is 16.4 Å². The molecule has 0 atom stereocenters. The molecule has 0 fully saturated rings. The van der Waals surface area contributed by atoms with E-state index in [-0.39, 0.29) is 5.75 Å². The van der Waals surface area contributed by atoms with Crippen molar-refractivity contribution in [2.45, 2.75) is 4.90 Å². The van der Waals surface area contributed by atoms with E-state index in [4.69, 9.17) is 14.7 Å². The number of ether oxygens (including phenoxy) is 2. The zero-order valence-electron chi connectivity index (χ0n) is 7.77. The molecular weight excluding hydrogens is 202 g/mol. The molecule has 0 aliphatic rings. The van der Waals surface area contributed by atoms with Crippen LogP contribution in [0.15, 0.2) is 17.0 Å². The average molecular weight is 211 g/mol. The maximum Gasteiger partial charge on any atom is 0.161 e. The Morgan fingerprint density at radius 1 is 1.29 bits per heavy atom. The third kappa shape index (κ3) is 2.03. The van der Waals surface area contributed by atoms with Gasteiger partial charge in [-0.2, -0.15) is 5.26 Å². The van der Waals surface area contributed by atoms with Gasteiger partial charge in [-0.25, -0.2) is 0 Å². The van der Waals surface area contributed by atoms with Crippen molar-refractivity contribution in [3.63, 3.8) is 0 Å². The molecule has 0 aliphatic carbocycles. The van der Waals surface area contributed by atoms with E-state index in [1.54, 1.807) is 6.07 Å². The van der Waals surface area contributed by atoms with Crippen LogP contribution in [0.2, 0.25) is 0 Å². The fourth-order valence-corrected chi connectivity index (χ4v) is 1.49. The minimum absolute atomic E-state index is 0.00774. The molecule has 0 heterocycles. The molecule has 0 unspecified atom stereocenters. The lowest BCUT2D eigenvalue weighted by Crippen LogP contribution is -1.89. The smallest absolute Gasteiger partial charge is 0.161 e. The lowest BCUT2D eigenvalue weighted by atomic mass is 10.3. The Balaban J connectivity index is 3.19. The van der Waals surface area contributed by atoms with E-state index in [2.05, 4.69) is 0 Å². The van der Waals surface area contributed by atoms with E-state index in [1.807, 2.05) is 5.40 Å². The van der Waals surface area contributed by atoms with Crippen LogP contribution in [-0.4, -0.2) is 19.3 Å². The zero-order chi connectivity index (χ0) is 10.6. The summed E-state index contributed by atoms with van der Waals surface area (Å²) in [4.78, 5) is 0.615. The summed E-state index contributed by atoms with van der Waals surface area (Å²) in [5.74, 6) is 0.769. The molecule has 0 radical (unpaired) electrons. The number of nitrogens with zero attached hydrogens (tertiary/aromatic N) is 1. The van der Waals surface area contributed by atoms with Gasteiger partial charge in [-0.05, 0) is 11.8 Å². The highest BCUT2D eigenvalue weighted by atomic mass is 32.2. The molecule has 1 N–H and O–H groups in total. The Kier molecular flexibility index (Phi) is 3.48. The maximum atomic E-state index is 9.42. The third-order valence-electron chi connectivity index (χ3n) is 1.62. The molecule has 74 valence electrons. The van der Waals surface area contributed by atoms with Crippen molar-refractivity contribution in [3.05, 3.63) is 12.1 Å². The predicted molar refractivity (Wildman–Crippen MR) is 52.7 cm³/mol. The first-order valence-electron chi connectivity index (χ1n) is 3.73. The van der Waals surface area contributed by atoms with Crippen LogP contribution in [-0.2, 0) is 0 Å². The van der Waals surface area contributed by atoms with Crippen LogP contribution in [0.25, 0.3) is 0 Å². The van der Waals surface area contributed by atoms with Gasteiger partial charge in [0.2, 0.25) is 0 Å². The van der Waals surface area contributed by atoms with E-state index in [9.17, 15) is 5.11 Å². The van der Waals surface area contributed by atoms with Gasteiger partial charge in [-0.3, -0.25) is 0 Å². The number of phenolic OH excluding ortho intramolecular Hbond substituents is 1. The normalized spacial score (nSPS) is 9.21. The number of aromatic hydroxyl groups is 1. The van der Waals surface area contributed by atoms with Crippen LogP contribution in [0.5, 0.6) is 17.2 Å². The Labute approximate surface area is 86.1 Å². The van der Waals surface area contributed by atoms with E-state index in [1.165, 1.54) is 20.3 Å². The van der Waals surface area contributed by atoms with Gasteiger partial charge in [0, 0.05) is 12.1 Å². The number of methoxy groups -OCH3 is 2. The minimum Gasteiger partial charge on any atom is -0.504 e. The molecule has 1 rings (SSSR count). The van der Waals surface area contributed by atoms with E-state index < -0.39 is 0 Å². The second-order valence-electron chi connectivity index (χ2n) is 2.37. The highest BCUT2D eigenvalue weighted by Gasteiger charge is 2.10. The Morgan fingerprint density at radius 3 is 2.43 bits per heavy atom. The predicted octanol–water partition coefficient (Wildman–Crippen LogP) is 1.98. The summed E-state index contributed by atoms with van der Waals surface area (Å²) in [6, 6.07) is 2.97. The van der Waals surface area contributed by atoms with Gasteiger partial charge in [-0.1, -0.05) is 0 Å². The average Bonchev–Trinajstić information content (AvgIpc) is 2.20. The molecule has 5 heteroatoms. The quantitative estimate of drug-likeness (QED) is 0.611. The second-order valence-corrected chi connectivity index (χ2v) is 3.19. The number of thiocyanates is 1. The maximum absolute atomic E-state index is 9.42. The molecule has 0 amide bonds. The van der Waals surface area contributed by atoms with Crippen LogP contribution < -0.4 is 9.47 Å². The lowest BCUT2D eigenvalue weighted by Gasteiger charge is -2.08. The van der Waals surface area contributed by atoms with Crippen molar-refractivity contribution in [2.24, 2.45) is 0 Å². The minimum atomic E-state index is -0.00774. The van der Waals surface area contributed by atoms with Gasteiger partial charge in [0.1, 0.15) is 11.2 Å². The number of benzene rings is 1. The second kappa shape index (κ2) is 4.63. The van der Waals surface area contributed by atoms with Gasteiger partial charge in [0.05, 0.1) is 19.1 Å². The van der Waals surface area contributed by atoms with Gasteiger partial charge in [0.25, 0.3) is 0 Å². The lowest BCUT2D eigenvalue weighted by molar-refractivity contribution is 0.361. The van der Waals surface area contributed by atoms with Crippen LogP contribution in [0.4, 0.5) is 0 Å². The Hall–Kier alpha value is -1.54. The van der Waals surface area contributed by atoms with Crippen molar-refractivity contribution in [3.8, 4) is 22.6 Å². The van der Waals surface area contributed by atoms with Crippen molar-refractivity contribution in [1.82, 2.24) is 0 Å². The standard InChI is InChI=1S/C9H9NO3S/c1-12-7-4-9(14-5-10)8(13-2)3-6(7)11/h3-4,11H,1-2H3. The highest BCUT2D eigenvalue weighted by molar-refractivity contribution is 8.03. The first-order valence-corrected chi connectivity index (χ1v) is 4.55. The van der Waals surface area contributed by atoms with Crippen molar-refractivity contribution < 1.29 is 14.6 Å². The summed E-state index contributed by atoms with van der Waals surface area (Å²) in [7, 11) is 2.92. The first kappa shape index (κ1) is 10.5. The van der Waals surface area contributed by atoms with Crippen LogP contribution >= 0.6 is 11.8 Å². The monoisotopic (exact) mass is 211 g/mol. The Bertz CT molecular complexity index is 373. The fourth-order valence-electron chi connectivity index (χ4n) is 0.983. The third-order valence-corrected chi connectivity index (χ3v) is 2.25. The SMILES string of the molecule is COc1cc(SC#N)c(OC)cc1O. The number of nitriles is 1. The molecular formula is C9H9NO3S. The molecule has 0 saturated heterocycles. The molecule has 1 aromatic carbocycles. The summed E-state index contributed by atoms with van der Waals surface area (Å²) < 4.78 is 9.89. The summed E-state index contributed by atoms with van der Waals surface area (Å²) in [6.45, 7) is 0. The van der Waals surface area contributed by atoms with Crippen LogP contribution in [0.3, 0.4) is 0 Å². The number of rotatable bonds is 3. The number of phenols is 1. The molecule has 4 nitrogen and oxygen atoms in total. The van der Waals surface area contributed by atoms with Crippen LogP contribution in [0.1, 0.15) is 0 Å². The van der Waals surface area contributed by atoms with E-state index in [0.717, 1.165) is 11.8 Å². The zero-order valence-corrected chi connectivity index (χ0v) is 8.59. The molecule has 1 aromatic rings. The summed E-state index contributed by atoms with van der Waals surface area (Å²) in [5, 5.41) is 19.9. The van der Waals surface area contributed by atoms with Crippen molar-refractivity contribution in [1.29, 1.82) is 5.26 Å². The Morgan fingerprint density at radius 2 is 1.93 bits per heavy atom. The van der Waals surface area contributed by atoms with Gasteiger partial charge < -0.3 is 14.6 Å². The number of hydrogen-bond acceptors (Lipinski definition) is 5. The van der Waals surface area contributed by atoms with Crippen molar-refractivity contribution in [2.75, 3.05) is 14.2 Å². The first-order chi connectivity index (χ1) is 6.72. The molecule has 0 bridgehead atoms. The molecule has 0 aliphatic heterocycles. The number of thioether (sulfide) groups is 1. The summed E-state index contributed by atoms with van der Waals surface area (Å²) >= 11 is 0.954. The largest absolute Gasteiger partial charge is 0.504 e. The summed E-state index contributed by atoms with van der Waals surface area (Å²) in [5.41, 5.74) is 0.